The number of nitro groups is 2. The molecule has 16 aromatic rings. The number of rotatable bonds is 17. The fraction of sp³-hybridized carbons (Fsp3) is 0.0102. The number of carbonyl (C=O) groups excluding carboxylic acids is 1. The van der Waals surface area contributed by atoms with Crippen LogP contribution in [0.25, 0.3) is 11.1 Å². The van der Waals surface area contributed by atoms with Gasteiger partial charge in [0.1, 0.15) is 0 Å². The van der Waals surface area contributed by atoms with Crippen LogP contribution in [-0.4, -0.2) is 33.5 Å². The second kappa shape index (κ2) is 59.8. The second-order valence-corrected chi connectivity index (χ2v) is 36.3. The minimum atomic E-state index is -1.37. The van der Waals surface area contributed by atoms with Crippen molar-refractivity contribution in [2.24, 2.45) is 0 Å². The van der Waals surface area contributed by atoms with Crippen LogP contribution in [0.4, 0.5) is 11.4 Å². The van der Waals surface area contributed by atoms with Gasteiger partial charge >= 0.3 is 110 Å². The van der Waals surface area contributed by atoms with E-state index in [1.165, 1.54) is 75.8 Å². The van der Waals surface area contributed by atoms with Crippen LogP contribution in [0.3, 0.4) is 0 Å². The van der Waals surface area contributed by atoms with Gasteiger partial charge in [-0.3, -0.25) is 25.0 Å². The summed E-state index contributed by atoms with van der Waals surface area (Å²) < 4.78 is 2.55. The molecule has 0 spiro atoms. The summed E-state index contributed by atoms with van der Waals surface area (Å²) in [5, 5.41) is 63.6. The van der Waals surface area contributed by atoms with Gasteiger partial charge in [-0.15, -0.1) is 0 Å². The van der Waals surface area contributed by atoms with Crippen molar-refractivity contribution < 1.29 is 159 Å². The first-order valence-corrected chi connectivity index (χ1v) is 44.4. The van der Waals surface area contributed by atoms with E-state index in [4.69, 9.17) is 20.1 Å². The first-order chi connectivity index (χ1) is 56.8. The van der Waals surface area contributed by atoms with Crippen LogP contribution in [0.1, 0.15) is 8.85 Å². The molecule has 0 atom stereocenters. The smallest absolute Gasteiger partial charge is 1.00 e. The zero-order valence-corrected chi connectivity index (χ0v) is 81.6. The van der Waals surface area contributed by atoms with Crippen LogP contribution < -0.4 is 177 Å². The van der Waals surface area contributed by atoms with E-state index in [0.29, 0.717) is 14.6 Å². The molecule has 0 aliphatic carbocycles. The molecule has 11 nitrogen and oxygen atoms in total. The molecule has 0 saturated carbocycles. The van der Waals surface area contributed by atoms with Gasteiger partial charge in [0, 0.05) is 41.5 Å². The quantitative estimate of drug-likeness (QED) is 0.0171. The fourth-order valence-electron chi connectivity index (χ4n) is 11.5. The molecular weight excluding hydrogens is 1960 g/mol. The van der Waals surface area contributed by atoms with E-state index < -0.39 is 38.8 Å². The molecule has 0 aliphatic rings. The van der Waals surface area contributed by atoms with Gasteiger partial charge in [0.25, 0.3) is 17.8 Å². The third kappa shape index (κ3) is 35.0. The molecule has 120 heavy (non-hydrogen) atoms. The Morgan fingerprint density at radius 2 is 0.483 bits per heavy atom. The van der Waals surface area contributed by atoms with E-state index in [9.17, 15) is 20.2 Å². The van der Waals surface area contributed by atoms with E-state index in [0.717, 1.165) is 14.5 Å². The number of halogens is 3. The topological polar surface area (TPSA) is 176 Å². The summed E-state index contributed by atoms with van der Waals surface area (Å²) in [4.78, 5) is 31.6. The molecule has 0 radical (unpaired) electrons. The van der Waals surface area contributed by atoms with Gasteiger partial charge < -0.3 is 21.6 Å². The summed E-state index contributed by atoms with van der Waals surface area (Å²) in [5.41, 5.74) is 2.28. The van der Waals surface area contributed by atoms with Crippen molar-refractivity contribution in [1.82, 2.24) is 0 Å². The maximum atomic E-state index is 10.9. The predicted octanol–water partition coefficient (Wildman–Crippen LogP) is 13.3. The average molecular weight is 2040 g/mol. The summed E-state index contributed by atoms with van der Waals surface area (Å²) in [6.07, 6.45) is 0. The van der Waals surface area contributed by atoms with Crippen molar-refractivity contribution in [3.63, 3.8) is 0 Å². The Bertz CT molecular complexity index is 4620. The maximum absolute atomic E-state index is 10.9. The van der Waals surface area contributed by atoms with Crippen molar-refractivity contribution in [3.05, 3.63) is 494 Å². The third-order valence-electron chi connectivity index (χ3n) is 16.7. The van der Waals surface area contributed by atoms with Crippen molar-refractivity contribution in [2.45, 2.75) is 7.43 Å². The Labute approximate surface area is 840 Å². The number of hydrogen-bond acceptors (Lipinski definition) is 9. The van der Waals surface area contributed by atoms with Gasteiger partial charge in [0.15, 0.2) is 0 Å². The van der Waals surface area contributed by atoms with Gasteiger partial charge in [-0.1, -0.05) is 452 Å². The molecule has 0 unspecified atom stereocenters. The molecule has 0 aliphatic heterocycles. The van der Waals surface area contributed by atoms with Crippen LogP contribution in [0.2, 0.25) is 0 Å². The molecule has 22 heteroatoms. The standard InChI is InChI=1S/4C18H15P.C12H8BrNO2.C6H6BBrO2.C6H4INO2.CH2O3.CH4.2K.Pd.H/c4*1-4-10-16(11-5-1)19(17-12-6-2-7-13-17)18-14-8-3-9-15-18;13-10-7-5-9(6-8-10)11-3-1-2-4-12(11)14(15)16;8-6-3-1-5(2-4-6)7(9)10;7-5-3-1-2-4-6(5)8(9)10;2-1-4-3;;;;;/h4*1-15H;1-8H;1-4,9-10H;1-4H;1,3H;1H4;;;;/q;;;;;;;;;2*+1;;-1/p-1. The number of carbonyl (C=O) groups is 1. The van der Waals surface area contributed by atoms with Crippen LogP contribution >= 0.6 is 86.1 Å². The Hall–Kier alpha value is -6.92. The molecule has 2 N–H and O–H groups in total. The van der Waals surface area contributed by atoms with Gasteiger partial charge in [-0.25, -0.2) is 0 Å². The van der Waals surface area contributed by atoms with Gasteiger partial charge in [-0.2, -0.15) is 0 Å². The van der Waals surface area contributed by atoms with Crippen LogP contribution in [0, 0.1) is 23.8 Å². The second-order valence-electron chi connectivity index (χ2n) is 24.5. The molecule has 0 amide bonds. The first-order valence-electron chi connectivity index (χ1n) is 36.3. The molecule has 0 bridgehead atoms. The Morgan fingerprint density at radius 1 is 0.308 bits per heavy atom. The zero-order chi connectivity index (χ0) is 81.7. The number of nitro benzene ring substituents is 2. The summed E-state index contributed by atoms with van der Waals surface area (Å²) in [6.45, 7) is -0.181. The van der Waals surface area contributed by atoms with Gasteiger partial charge in [-0.05, 0) is 165 Å². The maximum Gasteiger partial charge on any atom is 1.00 e. The van der Waals surface area contributed by atoms with E-state index in [1.54, 1.807) is 60.7 Å². The largest absolute Gasteiger partial charge is 1.00 e. The number of nitrogens with zero attached hydrogens (tertiary/aromatic N) is 2. The van der Waals surface area contributed by atoms with Crippen LogP contribution in [-0.2, 0) is 30.1 Å². The van der Waals surface area contributed by atoms with Gasteiger partial charge in [0.05, 0.1) is 19.0 Å². The third-order valence-corrected chi connectivity index (χ3v) is 28.4. The summed E-state index contributed by atoms with van der Waals surface area (Å²) in [6, 6.07) is 157. The molecule has 16 aromatic carbocycles. The first kappa shape index (κ1) is 104. The Balaban J connectivity index is 0.000000295. The normalized spacial score (nSPS) is 9.78. The van der Waals surface area contributed by atoms with E-state index >= 15 is 0 Å². The summed E-state index contributed by atoms with van der Waals surface area (Å²) in [5.74, 6) is 0. The molecule has 0 saturated heterocycles. The SMILES string of the molecule is C.O=CO[O-].O=[N+]([O-])c1ccccc1-c1ccc(Br)cc1.O=[N+]([O-])c1ccccc1I.OB(O)c1ccc(Br)cc1.[H-].[K+].[K+].[Pd].c1ccc(P(c2ccccc2)c2ccccc2)cc1.c1ccc(P(c2ccccc2)c2ccccc2)cc1.c1ccc(P(c2ccccc2)c2ccccc2)cc1.c1ccc(P(c2ccccc2)c2ccccc2)cc1. The molecule has 596 valence electrons. The summed E-state index contributed by atoms with van der Waals surface area (Å²) >= 11 is 8.50. The summed E-state index contributed by atoms with van der Waals surface area (Å²) in [7, 11) is -3.15. The van der Waals surface area contributed by atoms with E-state index in [-0.39, 0.29) is 160 Å². The molecule has 0 aromatic heterocycles. The van der Waals surface area contributed by atoms with Crippen LogP contribution in [0.15, 0.2) is 470 Å². The molecule has 16 rings (SSSR count). The average Bonchev–Trinajstić information content (AvgIpc) is 0.829. The van der Waals surface area contributed by atoms with E-state index in [1.807, 2.05) is 46.9 Å². The minimum absolute atomic E-state index is 0. The molecule has 0 heterocycles. The number of benzene rings is 16. The van der Waals surface area contributed by atoms with E-state index in [2.05, 4.69) is 401 Å². The van der Waals surface area contributed by atoms with Crippen molar-refractivity contribution in [3.8, 4) is 11.1 Å². The monoisotopic (exact) mass is 2040 g/mol. The number of para-hydroxylation sites is 2. The van der Waals surface area contributed by atoms with Crippen molar-refractivity contribution >= 4 is 180 Å². The predicted molar refractivity (Wildman–Crippen MR) is 512 cm³/mol. The Kier molecular flexibility index (Phi) is 51.6. The van der Waals surface area contributed by atoms with Crippen molar-refractivity contribution in [1.29, 1.82) is 0 Å². The minimum Gasteiger partial charge on any atom is -1.00 e. The van der Waals surface area contributed by atoms with Crippen LogP contribution in [0.5, 0.6) is 0 Å². The molecular formula is C98H84BBr2IK2N2O9P4Pd. The number of hydrogen-bond donors (Lipinski definition) is 2. The fourth-order valence-corrected chi connectivity index (χ4v) is 21.8. The van der Waals surface area contributed by atoms with Gasteiger partial charge in [0.2, 0.25) is 0 Å². The van der Waals surface area contributed by atoms with Crippen molar-refractivity contribution in [2.75, 3.05) is 0 Å². The zero-order valence-electron chi connectivity index (χ0n) is 65.9. The Morgan fingerprint density at radius 3 is 0.658 bits per heavy atom. The molecule has 0 fully saturated rings.